The van der Waals surface area contributed by atoms with Crippen LogP contribution in [-0.2, 0) is 18.4 Å². The first-order chi connectivity index (χ1) is 14.1. The fraction of sp³-hybridized carbons (Fsp3) is 0.360. The Balaban J connectivity index is 1.96. The molecule has 0 amide bonds. The minimum atomic E-state index is -0.194. The van der Waals surface area contributed by atoms with E-state index in [0.29, 0.717) is 6.54 Å². The van der Waals surface area contributed by atoms with Gasteiger partial charge in [-0.25, -0.2) is 4.98 Å². The summed E-state index contributed by atoms with van der Waals surface area (Å²) in [4.78, 5) is 19.0. The first kappa shape index (κ1) is 20.0. The first-order valence-corrected chi connectivity index (χ1v) is 11.5. The molecule has 0 N–H and O–H groups in total. The molecule has 150 valence electrons. The number of fused-ring (bicyclic) bond motifs is 3. The topological polar surface area (TPSA) is 34.9 Å². The second-order valence-corrected chi connectivity index (χ2v) is 9.15. The summed E-state index contributed by atoms with van der Waals surface area (Å²) in [6, 6.07) is 18.7. The van der Waals surface area contributed by atoms with Crippen molar-refractivity contribution in [3.8, 4) is 11.3 Å². The van der Waals surface area contributed by atoms with Crippen LogP contribution in [0.4, 0.5) is 0 Å². The molecule has 2 aromatic carbocycles. The van der Waals surface area contributed by atoms with E-state index in [0.717, 1.165) is 52.6 Å². The Labute approximate surface area is 177 Å². The van der Waals surface area contributed by atoms with E-state index in [1.165, 1.54) is 5.56 Å². The van der Waals surface area contributed by atoms with Crippen molar-refractivity contribution < 1.29 is 0 Å². The molecule has 29 heavy (non-hydrogen) atoms. The lowest BCUT2D eigenvalue weighted by molar-refractivity contribution is 0.430. The summed E-state index contributed by atoms with van der Waals surface area (Å²) in [6.45, 7) is 7.12. The molecule has 1 aliphatic carbocycles. The fourth-order valence-corrected chi connectivity index (χ4v) is 5.04. The third kappa shape index (κ3) is 3.66. The van der Waals surface area contributed by atoms with Gasteiger partial charge in [-0.3, -0.25) is 9.36 Å². The summed E-state index contributed by atoms with van der Waals surface area (Å²) in [5.74, 6) is 0.951. The standard InChI is InChI=1S/C25H28N2OS/c1-4-15-29-24-26-22-20-14-10-9-13-19(20)16-25(3,5-2)21(22)23(28)27(24)17-18-11-7-6-8-12-18/h6-14H,4-5,15-17H2,1-3H3/t25-/m0/s1. The van der Waals surface area contributed by atoms with E-state index in [1.807, 2.05) is 28.8 Å². The Hall–Kier alpha value is -2.33. The maximum atomic E-state index is 13.9. The van der Waals surface area contributed by atoms with Crippen molar-refractivity contribution in [1.82, 2.24) is 9.55 Å². The fourth-order valence-electron chi connectivity index (χ4n) is 4.20. The van der Waals surface area contributed by atoms with E-state index < -0.39 is 0 Å². The monoisotopic (exact) mass is 404 g/mol. The van der Waals surface area contributed by atoms with Crippen molar-refractivity contribution in [3.63, 3.8) is 0 Å². The summed E-state index contributed by atoms with van der Waals surface area (Å²) in [5, 5.41) is 0.828. The van der Waals surface area contributed by atoms with Gasteiger partial charge in [0.1, 0.15) is 0 Å². The van der Waals surface area contributed by atoms with Crippen molar-refractivity contribution in [3.05, 3.63) is 81.6 Å². The number of hydrogen-bond acceptors (Lipinski definition) is 3. The van der Waals surface area contributed by atoms with Gasteiger partial charge in [0.25, 0.3) is 5.56 Å². The third-order valence-corrected chi connectivity index (χ3v) is 7.17. The highest BCUT2D eigenvalue weighted by Gasteiger charge is 2.38. The minimum absolute atomic E-state index is 0.122. The number of aromatic nitrogens is 2. The minimum Gasteiger partial charge on any atom is -0.283 e. The van der Waals surface area contributed by atoms with Gasteiger partial charge in [0.2, 0.25) is 0 Å². The zero-order chi connectivity index (χ0) is 20.4. The van der Waals surface area contributed by atoms with Gasteiger partial charge in [-0.2, -0.15) is 0 Å². The van der Waals surface area contributed by atoms with Gasteiger partial charge < -0.3 is 0 Å². The molecule has 0 saturated carbocycles. The molecule has 3 nitrogen and oxygen atoms in total. The maximum absolute atomic E-state index is 13.9. The molecule has 1 aliphatic rings. The van der Waals surface area contributed by atoms with Crippen LogP contribution in [0.15, 0.2) is 64.5 Å². The molecule has 4 rings (SSSR count). The second kappa shape index (κ2) is 8.19. The Morgan fingerprint density at radius 2 is 1.79 bits per heavy atom. The molecule has 1 aromatic heterocycles. The molecular weight excluding hydrogens is 376 g/mol. The summed E-state index contributed by atoms with van der Waals surface area (Å²) in [7, 11) is 0. The molecule has 0 saturated heterocycles. The third-order valence-electron chi connectivity index (χ3n) is 5.99. The van der Waals surface area contributed by atoms with E-state index in [-0.39, 0.29) is 11.0 Å². The zero-order valence-corrected chi connectivity index (χ0v) is 18.3. The van der Waals surface area contributed by atoms with E-state index >= 15 is 0 Å². The van der Waals surface area contributed by atoms with Crippen molar-refractivity contribution in [1.29, 1.82) is 0 Å². The number of benzene rings is 2. The van der Waals surface area contributed by atoms with Gasteiger partial charge >= 0.3 is 0 Å². The molecule has 0 bridgehead atoms. The van der Waals surface area contributed by atoms with Gasteiger partial charge in [0.05, 0.1) is 17.8 Å². The van der Waals surface area contributed by atoms with Crippen LogP contribution in [-0.4, -0.2) is 15.3 Å². The van der Waals surface area contributed by atoms with E-state index in [2.05, 4.69) is 51.1 Å². The van der Waals surface area contributed by atoms with Crippen LogP contribution >= 0.6 is 11.8 Å². The van der Waals surface area contributed by atoms with Crippen LogP contribution < -0.4 is 5.56 Å². The average molecular weight is 405 g/mol. The molecule has 0 unspecified atom stereocenters. The second-order valence-electron chi connectivity index (χ2n) is 8.09. The van der Waals surface area contributed by atoms with Crippen LogP contribution in [0.25, 0.3) is 11.3 Å². The molecule has 0 spiro atoms. The number of rotatable bonds is 6. The smallest absolute Gasteiger partial charge is 0.258 e. The average Bonchev–Trinajstić information content (AvgIpc) is 2.75. The van der Waals surface area contributed by atoms with Gasteiger partial charge in [-0.1, -0.05) is 87.1 Å². The SMILES string of the molecule is CCCSc1nc2c(c(=O)n1Cc1ccccc1)[C@@](C)(CC)Cc1ccccc1-2. The molecule has 0 fully saturated rings. The van der Waals surface area contributed by atoms with Gasteiger partial charge in [0.15, 0.2) is 5.16 Å². The quantitative estimate of drug-likeness (QED) is 0.391. The first-order valence-electron chi connectivity index (χ1n) is 10.5. The van der Waals surface area contributed by atoms with Crippen molar-refractivity contribution in [2.24, 2.45) is 0 Å². The Bertz CT molecular complexity index is 1070. The Kier molecular flexibility index (Phi) is 5.64. The van der Waals surface area contributed by atoms with E-state index in [1.54, 1.807) is 11.8 Å². The van der Waals surface area contributed by atoms with Gasteiger partial charge in [-0.15, -0.1) is 0 Å². The zero-order valence-electron chi connectivity index (χ0n) is 17.4. The molecule has 1 atom stereocenters. The van der Waals surface area contributed by atoms with Crippen LogP contribution in [0.2, 0.25) is 0 Å². The van der Waals surface area contributed by atoms with E-state index in [4.69, 9.17) is 4.98 Å². The van der Waals surface area contributed by atoms with Crippen LogP contribution in [0.3, 0.4) is 0 Å². The van der Waals surface area contributed by atoms with Crippen molar-refractivity contribution in [2.45, 2.75) is 57.1 Å². The molecule has 1 heterocycles. The Morgan fingerprint density at radius 3 is 2.52 bits per heavy atom. The van der Waals surface area contributed by atoms with Crippen molar-refractivity contribution in [2.75, 3.05) is 5.75 Å². The van der Waals surface area contributed by atoms with E-state index in [9.17, 15) is 4.79 Å². The number of thioether (sulfide) groups is 1. The highest BCUT2D eigenvalue weighted by molar-refractivity contribution is 7.99. The lowest BCUT2D eigenvalue weighted by atomic mass is 9.69. The molecule has 0 aliphatic heterocycles. The summed E-state index contributed by atoms with van der Waals surface area (Å²) < 4.78 is 1.90. The van der Waals surface area contributed by atoms with Gasteiger partial charge in [-0.05, 0) is 30.4 Å². The molecular formula is C25H28N2OS. The predicted molar refractivity (Wildman–Crippen MR) is 122 cm³/mol. The highest BCUT2D eigenvalue weighted by Crippen LogP contribution is 2.43. The molecule has 3 aromatic rings. The van der Waals surface area contributed by atoms with Crippen LogP contribution in [0, 0.1) is 0 Å². The lowest BCUT2D eigenvalue weighted by Crippen LogP contribution is -2.40. The van der Waals surface area contributed by atoms with Gasteiger partial charge in [0, 0.05) is 16.7 Å². The maximum Gasteiger partial charge on any atom is 0.258 e. The summed E-state index contributed by atoms with van der Waals surface area (Å²) in [5.41, 5.74) is 5.25. The number of nitrogens with zero attached hydrogens (tertiary/aromatic N) is 2. The summed E-state index contributed by atoms with van der Waals surface area (Å²) >= 11 is 1.69. The van der Waals surface area contributed by atoms with Crippen LogP contribution in [0.5, 0.6) is 0 Å². The van der Waals surface area contributed by atoms with Crippen molar-refractivity contribution >= 4 is 11.8 Å². The highest BCUT2D eigenvalue weighted by atomic mass is 32.2. The van der Waals surface area contributed by atoms with Crippen LogP contribution in [0.1, 0.15) is 50.3 Å². The normalized spacial score (nSPS) is 17.6. The largest absolute Gasteiger partial charge is 0.283 e. The molecule has 4 heteroatoms. The number of hydrogen-bond donors (Lipinski definition) is 0. The Morgan fingerprint density at radius 1 is 1.07 bits per heavy atom. The predicted octanol–water partition coefficient (Wildman–Crippen LogP) is 5.68. The molecule has 0 radical (unpaired) electrons. The summed E-state index contributed by atoms with van der Waals surface area (Å²) in [6.07, 6.45) is 2.85. The lowest BCUT2D eigenvalue weighted by Gasteiger charge is -2.36.